The number of nitrogens with two attached hydrogens (primary N) is 1. The van der Waals surface area contributed by atoms with E-state index in [-0.39, 0.29) is 16.6 Å². The van der Waals surface area contributed by atoms with E-state index in [1.807, 2.05) is 13.8 Å². The van der Waals surface area contributed by atoms with Crippen LogP contribution < -0.4 is 24.7 Å². The van der Waals surface area contributed by atoms with Crippen LogP contribution in [0.4, 0.5) is 4.39 Å². The average Bonchev–Trinajstić information content (AvgIpc) is 2.80. The van der Waals surface area contributed by atoms with Crippen molar-refractivity contribution in [2.45, 2.75) is 37.0 Å². The monoisotopic (exact) mass is 493 g/mol. The molecule has 34 heavy (non-hydrogen) atoms. The smallest absolute Gasteiger partial charge is 0.241 e. The molecule has 0 aromatic heterocycles. The number of hydrogen-bond acceptors (Lipinski definition) is 7. The highest BCUT2D eigenvalue weighted by atomic mass is 32.2. The van der Waals surface area contributed by atoms with Crippen LogP contribution >= 0.6 is 0 Å². The van der Waals surface area contributed by atoms with Crippen LogP contribution in [0.2, 0.25) is 0 Å². The minimum atomic E-state index is -4.02. The van der Waals surface area contributed by atoms with E-state index < -0.39 is 21.3 Å². The van der Waals surface area contributed by atoms with Crippen LogP contribution in [0.5, 0.6) is 17.2 Å². The summed E-state index contributed by atoms with van der Waals surface area (Å²) in [5.74, 6) is 0.434. The summed E-state index contributed by atoms with van der Waals surface area (Å²) in [6, 6.07) is 11.2. The zero-order valence-electron chi connectivity index (χ0n) is 19.9. The number of nitrogens with one attached hydrogen (secondary N) is 1. The van der Waals surface area contributed by atoms with E-state index in [2.05, 4.69) is 11.4 Å². The molecule has 0 saturated heterocycles. The number of benzene rings is 2. The van der Waals surface area contributed by atoms with Gasteiger partial charge in [-0.15, -0.1) is 0 Å². The van der Waals surface area contributed by atoms with Gasteiger partial charge in [-0.25, -0.2) is 17.9 Å². The molecule has 1 unspecified atom stereocenters. The number of hydrogen-bond donors (Lipinski definition) is 2. The van der Waals surface area contributed by atoms with Gasteiger partial charge in [-0.1, -0.05) is 19.9 Å². The van der Waals surface area contributed by atoms with Crippen molar-refractivity contribution in [3.63, 3.8) is 0 Å². The highest BCUT2D eigenvalue weighted by Gasteiger charge is 2.36. The topological polar surface area (TPSA) is 124 Å². The largest absolute Gasteiger partial charge is 0.495 e. The van der Waals surface area contributed by atoms with Gasteiger partial charge in [0.2, 0.25) is 10.0 Å². The molecule has 0 fully saturated rings. The maximum atomic E-state index is 13.4. The third kappa shape index (κ3) is 6.59. The normalized spacial score (nSPS) is 13.2. The molecule has 1 atom stereocenters. The van der Waals surface area contributed by atoms with Crippen LogP contribution in [-0.4, -0.2) is 42.3 Å². The number of primary sulfonamides is 1. The lowest BCUT2D eigenvalue weighted by Gasteiger charge is -2.32. The lowest BCUT2D eigenvalue weighted by Crippen LogP contribution is -2.33. The van der Waals surface area contributed by atoms with E-state index in [1.165, 1.54) is 44.6 Å². The van der Waals surface area contributed by atoms with Gasteiger partial charge in [0.05, 0.1) is 25.7 Å². The lowest BCUT2D eigenvalue weighted by molar-refractivity contribution is 0.288. The van der Waals surface area contributed by atoms with Gasteiger partial charge in [0, 0.05) is 12.6 Å². The predicted molar refractivity (Wildman–Crippen MR) is 127 cm³/mol. The molecule has 0 aliphatic carbocycles. The fraction of sp³-hybridized carbons (Fsp3) is 0.458. The standard InChI is InChI=1S/C24H32FN3O5S/c1-17(2)24(16-26,18-6-8-21(32-4)23(14-18)34(27,29)30)10-5-11-28-12-13-33-22-15-19(25)7-9-20(22)31-3/h6-9,14-15,17,28H,5,10-13H2,1-4H3,(H2,27,29,30). The molecule has 2 aromatic carbocycles. The average molecular weight is 494 g/mol. The zero-order valence-corrected chi connectivity index (χ0v) is 20.7. The lowest BCUT2D eigenvalue weighted by atomic mass is 9.70. The molecule has 2 aromatic rings. The molecule has 186 valence electrons. The highest BCUT2D eigenvalue weighted by Crippen LogP contribution is 2.39. The van der Waals surface area contributed by atoms with Crippen molar-refractivity contribution >= 4 is 10.0 Å². The molecule has 10 heteroatoms. The molecular formula is C24H32FN3O5S. The second-order valence-electron chi connectivity index (χ2n) is 8.15. The molecule has 8 nitrogen and oxygen atoms in total. The maximum Gasteiger partial charge on any atom is 0.241 e. The van der Waals surface area contributed by atoms with Gasteiger partial charge in [-0.2, -0.15) is 5.26 Å². The van der Waals surface area contributed by atoms with Crippen LogP contribution in [0.15, 0.2) is 41.3 Å². The number of rotatable bonds is 13. The van der Waals surface area contributed by atoms with E-state index in [0.29, 0.717) is 49.6 Å². The second kappa shape index (κ2) is 12.0. The quantitative estimate of drug-likeness (QED) is 0.410. The van der Waals surface area contributed by atoms with Gasteiger partial charge < -0.3 is 19.5 Å². The highest BCUT2D eigenvalue weighted by molar-refractivity contribution is 7.89. The summed E-state index contributed by atoms with van der Waals surface area (Å²) in [6.07, 6.45) is 1.16. The molecule has 0 amide bonds. The van der Waals surface area contributed by atoms with Crippen molar-refractivity contribution in [3.8, 4) is 23.3 Å². The molecule has 3 N–H and O–H groups in total. The first-order valence-electron chi connectivity index (χ1n) is 10.9. The molecule has 0 radical (unpaired) electrons. The van der Waals surface area contributed by atoms with E-state index in [1.54, 1.807) is 6.07 Å². The molecule has 0 aliphatic rings. The van der Waals surface area contributed by atoms with E-state index in [9.17, 15) is 18.1 Å². The molecule has 2 rings (SSSR count). The Kier molecular flexibility index (Phi) is 9.67. The van der Waals surface area contributed by atoms with E-state index in [4.69, 9.17) is 19.3 Å². The SMILES string of the molecule is COc1ccc(F)cc1OCCNCCCC(C#N)(c1ccc(OC)c(S(N)(=O)=O)c1)C(C)C. The Morgan fingerprint density at radius 1 is 1.09 bits per heavy atom. The van der Waals surface area contributed by atoms with Crippen molar-refractivity contribution < 1.29 is 27.0 Å². The first-order valence-corrected chi connectivity index (χ1v) is 12.4. The Bertz CT molecular complexity index is 1120. The van der Waals surface area contributed by atoms with Crippen LogP contribution in [0.25, 0.3) is 0 Å². The van der Waals surface area contributed by atoms with Crippen LogP contribution in [0.3, 0.4) is 0 Å². The third-order valence-electron chi connectivity index (χ3n) is 5.76. The molecule has 0 heterocycles. The van der Waals surface area contributed by atoms with Crippen molar-refractivity contribution in [1.82, 2.24) is 5.32 Å². The summed E-state index contributed by atoms with van der Waals surface area (Å²) in [6.45, 7) is 5.29. The molecule has 0 bridgehead atoms. The van der Waals surface area contributed by atoms with Gasteiger partial charge >= 0.3 is 0 Å². The molecule has 0 spiro atoms. The van der Waals surface area contributed by atoms with Gasteiger partial charge in [0.25, 0.3) is 0 Å². The fourth-order valence-corrected chi connectivity index (χ4v) is 4.53. The molecule has 0 saturated carbocycles. The Morgan fingerprint density at radius 2 is 1.76 bits per heavy atom. The van der Waals surface area contributed by atoms with Crippen molar-refractivity contribution in [3.05, 3.63) is 47.8 Å². The minimum absolute atomic E-state index is 0.0806. The minimum Gasteiger partial charge on any atom is -0.495 e. The summed E-state index contributed by atoms with van der Waals surface area (Å²) in [4.78, 5) is -0.143. The number of methoxy groups -OCH3 is 2. The Morgan fingerprint density at radius 3 is 2.35 bits per heavy atom. The fourth-order valence-electron chi connectivity index (χ4n) is 3.81. The van der Waals surface area contributed by atoms with Crippen LogP contribution in [0.1, 0.15) is 32.3 Å². The van der Waals surface area contributed by atoms with E-state index >= 15 is 0 Å². The predicted octanol–water partition coefficient (Wildman–Crippen LogP) is 3.36. The third-order valence-corrected chi connectivity index (χ3v) is 6.69. The zero-order chi connectivity index (χ0) is 25.4. The Labute approximate surface area is 200 Å². The summed E-state index contributed by atoms with van der Waals surface area (Å²) >= 11 is 0. The number of ether oxygens (including phenoxy) is 3. The number of halogens is 1. The summed E-state index contributed by atoms with van der Waals surface area (Å²) < 4.78 is 53.4. The second-order valence-corrected chi connectivity index (χ2v) is 9.68. The Hall–Kier alpha value is -2.87. The molecule has 0 aliphatic heterocycles. The van der Waals surface area contributed by atoms with Gasteiger partial charge in [0.1, 0.15) is 23.1 Å². The van der Waals surface area contributed by atoms with Crippen LogP contribution in [-0.2, 0) is 15.4 Å². The van der Waals surface area contributed by atoms with Crippen molar-refractivity contribution in [2.75, 3.05) is 33.9 Å². The summed E-state index contributed by atoms with van der Waals surface area (Å²) in [5, 5.41) is 18.7. The van der Waals surface area contributed by atoms with Crippen molar-refractivity contribution in [2.24, 2.45) is 11.1 Å². The van der Waals surface area contributed by atoms with Crippen LogP contribution in [0, 0.1) is 23.1 Å². The molecular weight excluding hydrogens is 461 g/mol. The van der Waals surface area contributed by atoms with E-state index in [0.717, 1.165) is 0 Å². The Balaban J connectivity index is 2.01. The van der Waals surface area contributed by atoms with Gasteiger partial charge in [-0.05, 0) is 55.1 Å². The number of nitriles is 1. The number of sulfonamides is 1. The van der Waals surface area contributed by atoms with Crippen molar-refractivity contribution in [1.29, 1.82) is 5.26 Å². The van der Waals surface area contributed by atoms with Gasteiger partial charge in [0.15, 0.2) is 11.5 Å². The first kappa shape index (κ1) is 27.4. The summed E-state index contributed by atoms with van der Waals surface area (Å²) in [7, 11) is -1.17. The maximum absolute atomic E-state index is 13.4. The first-order chi connectivity index (χ1) is 16.1. The summed E-state index contributed by atoms with van der Waals surface area (Å²) in [5.41, 5.74) is -0.324. The number of nitrogens with zero attached hydrogens (tertiary/aromatic N) is 1. The van der Waals surface area contributed by atoms with Gasteiger partial charge in [-0.3, -0.25) is 0 Å².